The Morgan fingerprint density at radius 3 is 3.00 bits per heavy atom. The van der Waals surface area contributed by atoms with Crippen molar-refractivity contribution in [2.24, 2.45) is 0 Å². The van der Waals surface area contributed by atoms with Gasteiger partial charge in [-0.25, -0.2) is 4.98 Å². The van der Waals surface area contributed by atoms with E-state index in [0.29, 0.717) is 0 Å². The molecule has 0 saturated heterocycles. The molecule has 0 fully saturated rings. The number of rotatable bonds is 2. The predicted octanol–water partition coefficient (Wildman–Crippen LogP) is 3.85. The average Bonchev–Trinajstić information content (AvgIpc) is 2.96. The summed E-state index contributed by atoms with van der Waals surface area (Å²) in [6, 6.07) is 10.5. The van der Waals surface area contributed by atoms with Crippen LogP contribution in [0.4, 0.5) is 0 Å². The van der Waals surface area contributed by atoms with Crippen LogP contribution < -0.4 is 0 Å². The maximum atomic E-state index is 4.59. The summed E-state index contributed by atoms with van der Waals surface area (Å²) in [6.07, 6.45) is 1.06. The molecule has 2 aromatic heterocycles. The summed E-state index contributed by atoms with van der Waals surface area (Å²) >= 11 is 1.71. The van der Waals surface area contributed by atoms with E-state index < -0.39 is 0 Å². The first-order valence-electron chi connectivity index (χ1n) is 5.39. The molecule has 80 valence electrons. The molecule has 0 atom stereocenters. The van der Waals surface area contributed by atoms with E-state index in [0.717, 1.165) is 23.3 Å². The molecule has 0 aliphatic heterocycles. The second-order valence-corrected chi connectivity index (χ2v) is 4.72. The topological polar surface area (TPSA) is 28.7 Å². The van der Waals surface area contributed by atoms with Gasteiger partial charge in [-0.2, -0.15) is 0 Å². The predicted molar refractivity (Wildman–Crippen MR) is 68.8 cm³/mol. The number of thiophene rings is 1. The molecule has 0 unspecified atom stereocenters. The largest absolute Gasteiger partial charge is 0.337 e. The van der Waals surface area contributed by atoms with Crippen LogP contribution in [0.1, 0.15) is 12.5 Å². The van der Waals surface area contributed by atoms with Gasteiger partial charge < -0.3 is 4.98 Å². The Labute approximate surface area is 98.0 Å². The van der Waals surface area contributed by atoms with Gasteiger partial charge in [0.15, 0.2) is 0 Å². The van der Waals surface area contributed by atoms with Gasteiger partial charge >= 0.3 is 0 Å². The number of nitrogens with one attached hydrogen (secondary N) is 1. The third-order valence-electron chi connectivity index (χ3n) is 2.71. The highest BCUT2D eigenvalue weighted by Crippen LogP contribution is 2.24. The number of aromatic amines is 1. The van der Waals surface area contributed by atoms with E-state index in [1.165, 1.54) is 10.4 Å². The van der Waals surface area contributed by atoms with Crippen molar-refractivity contribution in [3.8, 4) is 10.7 Å². The van der Waals surface area contributed by atoms with E-state index in [4.69, 9.17) is 0 Å². The standard InChI is InChI=1S/C13H12N2S/c1-2-9-5-6-10-11(8-9)15-13(14-10)12-4-3-7-16-12/h3-8H,2H2,1H3,(H,14,15). The molecule has 3 aromatic rings. The van der Waals surface area contributed by atoms with E-state index in [-0.39, 0.29) is 0 Å². The number of fused-ring (bicyclic) bond motifs is 1. The van der Waals surface area contributed by atoms with Gasteiger partial charge in [-0.3, -0.25) is 0 Å². The number of hydrogen-bond donors (Lipinski definition) is 1. The third-order valence-corrected chi connectivity index (χ3v) is 3.59. The third kappa shape index (κ3) is 1.53. The van der Waals surface area contributed by atoms with Gasteiger partial charge in [-0.15, -0.1) is 11.3 Å². The van der Waals surface area contributed by atoms with Gasteiger partial charge in [0.1, 0.15) is 5.82 Å². The van der Waals surface area contributed by atoms with Crippen molar-refractivity contribution < 1.29 is 0 Å². The summed E-state index contributed by atoms with van der Waals surface area (Å²) in [5.41, 5.74) is 3.51. The first-order chi connectivity index (χ1) is 7.86. The second kappa shape index (κ2) is 3.76. The fraction of sp³-hybridized carbons (Fsp3) is 0.154. The lowest BCUT2D eigenvalue weighted by molar-refractivity contribution is 1.14. The smallest absolute Gasteiger partial charge is 0.148 e. The van der Waals surface area contributed by atoms with Crippen molar-refractivity contribution in [2.75, 3.05) is 0 Å². The molecule has 0 radical (unpaired) electrons. The molecule has 1 aromatic carbocycles. The highest BCUT2D eigenvalue weighted by Gasteiger charge is 2.05. The van der Waals surface area contributed by atoms with Gasteiger partial charge in [0, 0.05) is 0 Å². The van der Waals surface area contributed by atoms with Crippen molar-refractivity contribution in [3.05, 3.63) is 41.3 Å². The molecule has 3 heteroatoms. The van der Waals surface area contributed by atoms with Gasteiger partial charge in [0.05, 0.1) is 15.9 Å². The van der Waals surface area contributed by atoms with Crippen molar-refractivity contribution in [1.82, 2.24) is 9.97 Å². The summed E-state index contributed by atoms with van der Waals surface area (Å²) in [7, 11) is 0. The molecule has 0 bridgehead atoms. The van der Waals surface area contributed by atoms with Crippen LogP contribution in [0.25, 0.3) is 21.7 Å². The summed E-state index contributed by atoms with van der Waals surface area (Å²) in [6.45, 7) is 2.16. The molecular formula is C13H12N2S. The zero-order valence-electron chi connectivity index (χ0n) is 9.03. The van der Waals surface area contributed by atoms with Crippen LogP contribution in [0.5, 0.6) is 0 Å². The maximum absolute atomic E-state index is 4.59. The number of imidazole rings is 1. The van der Waals surface area contributed by atoms with Crippen LogP contribution in [-0.2, 0) is 6.42 Å². The van der Waals surface area contributed by atoms with Gasteiger partial charge in [0.25, 0.3) is 0 Å². The van der Waals surface area contributed by atoms with E-state index in [1.54, 1.807) is 11.3 Å². The molecule has 0 saturated carbocycles. The Hall–Kier alpha value is -1.61. The van der Waals surface area contributed by atoms with Crippen LogP contribution >= 0.6 is 11.3 Å². The summed E-state index contributed by atoms with van der Waals surface area (Å²) in [5, 5.41) is 2.07. The van der Waals surface area contributed by atoms with Crippen LogP contribution in [0.15, 0.2) is 35.7 Å². The lowest BCUT2D eigenvalue weighted by Gasteiger charge is -1.93. The number of H-pyrrole nitrogens is 1. The van der Waals surface area contributed by atoms with Crippen molar-refractivity contribution in [1.29, 1.82) is 0 Å². The molecule has 3 rings (SSSR count). The van der Waals surface area contributed by atoms with Crippen molar-refractivity contribution in [2.45, 2.75) is 13.3 Å². The molecule has 0 amide bonds. The zero-order chi connectivity index (χ0) is 11.0. The summed E-state index contributed by atoms with van der Waals surface area (Å²) in [4.78, 5) is 9.15. The van der Waals surface area contributed by atoms with E-state index in [9.17, 15) is 0 Å². The van der Waals surface area contributed by atoms with Gasteiger partial charge in [-0.1, -0.05) is 19.1 Å². The Bertz CT molecular complexity index is 608. The van der Waals surface area contributed by atoms with Crippen molar-refractivity contribution >= 4 is 22.4 Å². The van der Waals surface area contributed by atoms with Crippen LogP contribution in [0.3, 0.4) is 0 Å². The minimum absolute atomic E-state index is 0.971. The van der Waals surface area contributed by atoms with Crippen LogP contribution in [0, 0.1) is 0 Å². The number of aryl methyl sites for hydroxylation is 1. The molecule has 2 heterocycles. The normalized spacial score (nSPS) is 11.1. The monoisotopic (exact) mass is 228 g/mol. The Kier molecular flexibility index (Phi) is 2.26. The van der Waals surface area contributed by atoms with E-state index >= 15 is 0 Å². The first kappa shape index (κ1) is 9.60. The number of benzene rings is 1. The Balaban J connectivity index is 2.16. The number of aromatic nitrogens is 2. The fourth-order valence-electron chi connectivity index (χ4n) is 1.81. The van der Waals surface area contributed by atoms with Crippen LogP contribution in [-0.4, -0.2) is 9.97 Å². The minimum atomic E-state index is 0.971. The Morgan fingerprint density at radius 2 is 2.25 bits per heavy atom. The molecule has 1 N–H and O–H groups in total. The van der Waals surface area contributed by atoms with Crippen LogP contribution in [0.2, 0.25) is 0 Å². The molecule has 2 nitrogen and oxygen atoms in total. The molecule has 0 aliphatic carbocycles. The van der Waals surface area contributed by atoms with Gasteiger partial charge in [0.2, 0.25) is 0 Å². The first-order valence-corrected chi connectivity index (χ1v) is 6.27. The van der Waals surface area contributed by atoms with Gasteiger partial charge in [-0.05, 0) is 35.6 Å². The molecule has 0 aliphatic rings. The second-order valence-electron chi connectivity index (χ2n) is 3.77. The zero-order valence-corrected chi connectivity index (χ0v) is 9.84. The molecular weight excluding hydrogens is 216 g/mol. The number of nitrogens with zero attached hydrogens (tertiary/aromatic N) is 1. The summed E-state index contributed by atoms with van der Waals surface area (Å²) < 4.78 is 0. The van der Waals surface area contributed by atoms with Crippen molar-refractivity contribution in [3.63, 3.8) is 0 Å². The SMILES string of the molecule is CCc1ccc2nc(-c3cccs3)[nH]c2c1. The Morgan fingerprint density at radius 1 is 1.31 bits per heavy atom. The van der Waals surface area contributed by atoms with E-state index in [2.05, 4.69) is 46.5 Å². The lowest BCUT2D eigenvalue weighted by Crippen LogP contribution is -1.78. The quantitative estimate of drug-likeness (QED) is 0.709. The maximum Gasteiger partial charge on any atom is 0.148 e. The minimum Gasteiger partial charge on any atom is -0.337 e. The summed E-state index contributed by atoms with van der Waals surface area (Å²) in [5.74, 6) is 0.971. The molecule has 16 heavy (non-hydrogen) atoms. The average molecular weight is 228 g/mol. The highest BCUT2D eigenvalue weighted by molar-refractivity contribution is 7.13. The number of hydrogen-bond acceptors (Lipinski definition) is 2. The molecule has 0 spiro atoms. The fourth-order valence-corrected chi connectivity index (χ4v) is 2.48. The lowest BCUT2D eigenvalue weighted by atomic mass is 10.1. The highest BCUT2D eigenvalue weighted by atomic mass is 32.1. The van der Waals surface area contributed by atoms with E-state index in [1.807, 2.05) is 6.07 Å².